The highest BCUT2D eigenvalue weighted by molar-refractivity contribution is 5.29. The highest BCUT2D eigenvalue weighted by Crippen LogP contribution is 2.23. The Morgan fingerprint density at radius 2 is 1.68 bits per heavy atom. The van der Waals surface area contributed by atoms with Crippen molar-refractivity contribution in [3.63, 3.8) is 0 Å². The molecule has 1 aromatic carbocycles. The summed E-state index contributed by atoms with van der Waals surface area (Å²) in [5, 5.41) is 3.66. The predicted octanol–water partition coefficient (Wildman–Crippen LogP) is 4.56. The lowest BCUT2D eigenvalue weighted by Gasteiger charge is -2.31. The molecule has 0 aliphatic heterocycles. The first-order valence-corrected chi connectivity index (χ1v) is 7.33. The SMILES string of the molecule is CCCOc1ccc(C(C)NC(C)C(C)(C)C)cc1. The summed E-state index contributed by atoms with van der Waals surface area (Å²) >= 11 is 0. The van der Waals surface area contributed by atoms with Crippen LogP contribution in [0.2, 0.25) is 0 Å². The van der Waals surface area contributed by atoms with E-state index in [2.05, 4.69) is 71.1 Å². The Labute approximate surface area is 118 Å². The molecule has 0 aliphatic rings. The summed E-state index contributed by atoms with van der Waals surface area (Å²) in [6.45, 7) is 14.2. The smallest absolute Gasteiger partial charge is 0.119 e. The number of benzene rings is 1. The second kappa shape index (κ2) is 6.95. The third-order valence-corrected chi connectivity index (χ3v) is 3.65. The Balaban J connectivity index is 2.60. The van der Waals surface area contributed by atoms with E-state index >= 15 is 0 Å². The summed E-state index contributed by atoms with van der Waals surface area (Å²) in [5.74, 6) is 0.960. The van der Waals surface area contributed by atoms with E-state index < -0.39 is 0 Å². The molecule has 1 aromatic rings. The molecule has 2 nitrogen and oxygen atoms in total. The molecule has 1 N–H and O–H groups in total. The van der Waals surface area contributed by atoms with Gasteiger partial charge in [-0.05, 0) is 43.4 Å². The Bertz CT molecular complexity index is 364. The van der Waals surface area contributed by atoms with Crippen LogP contribution < -0.4 is 10.1 Å². The lowest BCUT2D eigenvalue weighted by Crippen LogP contribution is -2.39. The van der Waals surface area contributed by atoms with E-state index in [0.29, 0.717) is 12.1 Å². The highest BCUT2D eigenvalue weighted by Gasteiger charge is 2.21. The van der Waals surface area contributed by atoms with Gasteiger partial charge in [0.05, 0.1) is 6.61 Å². The maximum absolute atomic E-state index is 5.60. The lowest BCUT2D eigenvalue weighted by molar-refractivity contribution is 0.268. The molecule has 0 saturated heterocycles. The topological polar surface area (TPSA) is 21.3 Å². The molecule has 0 bridgehead atoms. The molecule has 19 heavy (non-hydrogen) atoms. The monoisotopic (exact) mass is 263 g/mol. The average molecular weight is 263 g/mol. The zero-order chi connectivity index (χ0) is 14.5. The van der Waals surface area contributed by atoms with Crippen LogP contribution in [0.1, 0.15) is 59.6 Å². The number of hydrogen-bond acceptors (Lipinski definition) is 2. The molecule has 0 aromatic heterocycles. The van der Waals surface area contributed by atoms with Gasteiger partial charge < -0.3 is 10.1 Å². The van der Waals surface area contributed by atoms with E-state index in [1.54, 1.807) is 0 Å². The Hall–Kier alpha value is -1.02. The first kappa shape index (κ1) is 16.0. The molecule has 1 rings (SSSR count). The van der Waals surface area contributed by atoms with Crippen LogP contribution in [0.15, 0.2) is 24.3 Å². The van der Waals surface area contributed by atoms with Crippen molar-refractivity contribution in [3.05, 3.63) is 29.8 Å². The molecule has 2 atom stereocenters. The minimum Gasteiger partial charge on any atom is -0.494 e. The van der Waals surface area contributed by atoms with Crippen molar-refractivity contribution < 1.29 is 4.74 Å². The largest absolute Gasteiger partial charge is 0.494 e. The normalized spacial score (nSPS) is 15.1. The van der Waals surface area contributed by atoms with Crippen LogP contribution in [-0.2, 0) is 0 Å². The molecule has 0 heterocycles. The van der Waals surface area contributed by atoms with E-state index in [-0.39, 0.29) is 5.41 Å². The number of hydrogen-bond donors (Lipinski definition) is 1. The Morgan fingerprint density at radius 1 is 1.11 bits per heavy atom. The predicted molar refractivity (Wildman–Crippen MR) is 82.7 cm³/mol. The van der Waals surface area contributed by atoms with Crippen LogP contribution in [0.25, 0.3) is 0 Å². The number of nitrogens with one attached hydrogen (secondary N) is 1. The van der Waals surface area contributed by atoms with Crippen molar-refractivity contribution in [1.82, 2.24) is 5.32 Å². The van der Waals surface area contributed by atoms with Gasteiger partial charge in [0.1, 0.15) is 5.75 Å². The van der Waals surface area contributed by atoms with Crippen molar-refractivity contribution in [2.75, 3.05) is 6.61 Å². The minimum atomic E-state index is 0.276. The van der Waals surface area contributed by atoms with E-state index in [0.717, 1.165) is 18.8 Å². The van der Waals surface area contributed by atoms with Crippen molar-refractivity contribution in [3.8, 4) is 5.75 Å². The average Bonchev–Trinajstić information content (AvgIpc) is 2.35. The second-order valence-corrected chi connectivity index (χ2v) is 6.39. The molecule has 2 heteroatoms. The van der Waals surface area contributed by atoms with Crippen LogP contribution in [0.4, 0.5) is 0 Å². The van der Waals surface area contributed by atoms with Gasteiger partial charge >= 0.3 is 0 Å². The van der Waals surface area contributed by atoms with Gasteiger partial charge in [-0.25, -0.2) is 0 Å². The van der Waals surface area contributed by atoms with E-state index in [4.69, 9.17) is 4.74 Å². The van der Waals surface area contributed by atoms with Gasteiger partial charge in [0.25, 0.3) is 0 Å². The van der Waals surface area contributed by atoms with Crippen LogP contribution in [0.5, 0.6) is 5.75 Å². The molecule has 0 spiro atoms. The summed E-state index contributed by atoms with van der Waals surface area (Å²) in [6, 6.07) is 9.25. The third kappa shape index (κ3) is 5.23. The van der Waals surface area contributed by atoms with Gasteiger partial charge in [-0.15, -0.1) is 0 Å². The molecular formula is C17H29NO. The minimum absolute atomic E-state index is 0.276. The van der Waals surface area contributed by atoms with Gasteiger partial charge in [0.15, 0.2) is 0 Å². The molecule has 2 unspecified atom stereocenters. The van der Waals surface area contributed by atoms with E-state index in [1.165, 1.54) is 5.56 Å². The van der Waals surface area contributed by atoms with Gasteiger partial charge in [-0.2, -0.15) is 0 Å². The molecule has 0 radical (unpaired) electrons. The fourth-order valence-corrected chi connectivity index (χ4v) is 1.79. The standard InChI is InChI=1S/C17H29NO/c1-7-12-19-16-10-8-15(9-11-16)13(2)18-14(3)17(4,5)6/h8-11,13-14,18H,7,12H2,1-6H3. The van der Waals surface area contributed by atoms with Gasteiger partial charge in [0, 0.05) is 12.1 Å². The Morgan fingerprint density at radius 3 is 2.16 bits per heavy atom. The molecule has 0 amide bonds. The van der Waals surface area contributed by atoms with Crippen LogP contribution >= 0.6 is 0 Å². The summed E-state index contributed by atoms with van der Waals surface area (Å²) < 4.78 is 5.60. The van der Waals surface area contributed by atoms with Crippen molar-refractivity contribution in [2.24, 2.45) is 5.41 Å². The maximum atomic E-state index is 5.60. The zero-order valence-corrected chi connectivity index (χ0v) is 13.3. The molecule has 108 valence electrons. The number of rotatable bonds is 6. The zero-order valence-electron chi connectivity index (χ0n) is 13.3. The highest BCUT2D eigenvalue weighted by atomic mass is 16.5. The fraction of sp³-hybridized carbons (Fsp3) is 0.647. The lowest BCUT2D eigenvalue weighted by atomic mass is 9.87. The van der Waals surface area contributed by atoms with Crippen LogP contribution in [-0.4, -0.2) is 12.6 Å². The number of ether oxygens (including phenoxy) is 1. The second-order valence-electron chi connectivity index (χ2n) is 6.39. The maximum Gasteiger partial charge on any atom is 0.119 e. The first-order valence-electron chi connectivity index (χ1n) is 7.33. The summed E-state index contributed by atoms with van der Waals surface area (Å²) in [7, 11) is 0. The van der Waals surface area contributed by atoms with Crippen molar-refractivity contribution in [1.29, 1.82) is 0 Å². The van der Waals surface area contributed by atoms with Crippen molar-refractivity contribution in [2.45, 2.75) is 60.0 Å². The molecule has 0 fully saturated rings. The summed E-state index contributed by atoms with van der Waals surface area (Å²) in [4.78, 5) is 0. The first-order chi connectivity index (χ1) is 8.84. The summed E-state index contributed by atoms with van der Waals surface area (Å²) in [5.41, 5.74) is 1.58. The third-order valence-electron chi connectivity index (χ3n) is 3.65. The fourth-order valence-electron chi connectivity index (χ4n) is 1.79. The molecule has 0 saturated carbocycles. The summed E-state index contributed by atoms with van der Waals surface area (Å²) in [6.07, 6.45) is 1.04. The van der Waals surface area contributed by atoms with Gasteiger partial charge in [-0.3, -0.25) is 0 Å². The molecule has 0 aliphatic carbocycles. The van der Waals surface area contributed by atoms with E-state index in [9.17, 15) is 0 Å². The molecular weight excluding hydrogens is 234 g/mol. The van der Waals surface area contributed by atoms with Crippen molar-refractivity contribution >= 4 is 0 Å². The van der Waals surface area contributed by atoms with Crippen LogP contribution in [0.3, 0.4) is 0 Å². The Kier molecular flexibility index (Phi) is 5.86. The van der Waals surface area contributed by atoms with Crippen LogP contribution in [0, 0.1) is 5.41 Å². The van der Waals surface area contributed by atoms with Gasteiger partial charge in [-0.1, -0.05) is 39.8 Å². The quantitative estimate of drug-likeness (QED) is 0.812. The van der Waals surface area contributed by atoms with Gasteiger partial charge in [0.2, 0.25) is 0 Å². The van der Waals surface area contributed by atoms with E-state index in [1.807, 2.05) is 0 Å².